The van der Waals surface area contributed by atoms with Gasteiger partial charge in [-0.1, -0.05) is 57.8 Å². The van der Waals surface area contributed by atoms with Crippen LogP contribution in [-0.2, 0) is 0 Å². The number of unbranched alkanes of at least 4 members (excludes halogenated alkanes) is 7. The van der Waals surface area contributed by atoms with E-state index < -0.39 is 0 Å². The van der Waals surface area contributed by atoms with Crippen molar-refractivity contribution in [2.24, 2.45) is 17.1 Å². The summed E-state index contributed by atoms with van der Waals surface area (Å²) >= 11 is 0. The highest BCUT2D eigenvalue weighted by Gasteiger charge is 2.40. The van der Waals surface area contributed by atoms with Crippen LogP contribution in [0.4, 0.5) is 0 Å². The van der Waals surface area contributed by atoms with E-state index >= 15 is 0 Å². The Morgan fingerprint density at radius 1 is 0.789 bits per heavy atom. The SMILES string of the molecule is NCCCCCCCCCCC12CCCC(CC1)C2. The minimum atomic E-state index is 0.823. The highest BCUT2D eigenvalue weighted by atomic mass is 14.5. The van der Waals surface area contributed by atoms with Crippen LogP contribution in [0.1, 0.15) is 96.3 Å². The molecule has 2 unspecified atom stereocenters. The molecule has 0 heterocycles. The largest absolute Gasteiger partial charge is 0.330 e. The van der Waals surface area contributed by atoms with Crippen LogP contribution in [0.2, 0.25) is 0 Å². The number of hydrogen-bond acceptors (Lipinski definition) is 1. The summed E-state index contributed by atoms with van der Waals surface area (Å²) in [6.07, 6.45) is 22.3. The van der Waals surface area contributed by atoms with Crippen molar-refractivity contribution in [3.05, 3.63) is 0 Å². The summed E-state index contributed by atoms with van der Waals surface area (Å²) in [7, 11) is 0. The molecule has 0 aromatic rings. The van der Waals surface area contributed by atoms with Gasteiger partial charge in [0, 0.05) is 0 Å². The maximum atomic E-state index is 5.51. The van der Waals surface area contributed by atoms with Gasteiger partial charge in [-0.3, -0.25) is 0 Å². The third-order valence-corrected chi connectivity index (χ3v) is 5.79. The Hall–Kier alpha value is -0.0400. The van der Waals surface area contributed by atoms with Gasteiger partial charge in [-0.2, -0.15) is 0 Å². The van der Waals surface area contributed by atoms with Gasteiger partial charge in [0.1, 0.15) is 0 Å². The lowest BCUT2D eigenvalue weighted by atomic mass is 9.72. The van der Waals surface area contributed by atoms with Crippen molar-refractivity contribution >= 4 is 0 Å². The zero-order valence-corrected chi connectivity index (χ0v) is 13.0. The Labute approximate surface area is 120 Å². The fraction of sp³-hybridized carbons (Fsp3) is 1.00. The van der Waals surface area contributed by atoms with E-state index in [4.69, 9.17) is 5.73 Å². The van der Waals surface area contributed by atoms with Crippen molar-refractivity contribution in [2.75, 3.05) is 6.54 Å². The second kappa shape index (κ2) is 8.29. The number of rotatable bonds is 10. The smallest absolute Gasteiger partial charge is 0.00773 e. The standard InChI is InChI=1S/C18H35N/c19-15-8-6-4-2-1-3-5-7-12-18-13-9-10-17(16-18)11-14-18/h17H,1-16,19H2. The van der Waals surface area contributed by atoms with Crippen LogP contribution < -0.4 is 5.73 Å². The lowest BCUT2D eigenvalue weighted by molar-refractivity contribution is 0.188. The Kier molecular flexibility index (Phi) is 6.70. The molecule has 2 atom stereocenters. The highest BCUT2D eigenvalue weighted by molar-refractivity contribution is 4.92. The first-order valence-electron chi connectivity index (χ1n) is 9.05. The molecule has 2 bridgehead atoms. The zero-order chi connectivity index (χ0) is 13.4. The molecule has 0 spiro atoms. The average molecular weight is 265 g/mol. The lowest BCUT2D eigenvalue weighted by Gasteiger charge is -2.33. The maximum absolute atomic E-state index is 5.51. The number of hydrogen-bond donors (Lipinski definition) is 1. The molecule has 0 saturated heterocycles. The fourth-order valence-corrected chi connectivity index (χ4v) is 4.62. The number of fused-ring (bicyclic) bond motifs is 2. The summed E-state index contributed by atoms with van der Waals surface area (Å²) in [6, 6.07) is 0. The van der Waals surface area contributed by atoms with E-state index in [0.29, 0.717) is 0 Å². The third-order valence-electron chi connectivity index (χ3n) is 5.79. The van der Waals surface area contributed by atoms with Crippen LogP contribution in [0.5, 0.6) is 0 Å². The molecule has 0 aromatic heterocycles. The number of nitrogens with two attached hydrogens (primary N) is 1. The summed E-state index contributed by atoms with van der Waals surface area (Å²) in [6.45, 7) is 0.878. The molecule has 2 aliphatic rings. The summed E-state index contributed by atoms with van der Waals surface area (Å²) in [4.78, 5) is 0. The summed E-state index contributed by atoms with van der Waals surface area (Å²) in [5.74, 6) is 1.12. The van der Waals surface area contributed by atoms with E-state index in [2.05, 4.69) is 0 Å². The summed E-state index contributed by atoms with van der Waals surface area (Å²) in [5, 5.41) is 0. The first kappa shape index (κ1) is 15.4. The predicted molar refractivity (Wildman–Crippen MR) is 84.2 cm³/mol. The Bertz CT molecular complexity index is 234. The summed E-state index contributed by atoms with van der Waals surface area (Å²) < 4.78 is 0. The van der Waals surface area contributed by atoms with Gasteiger partial charge in [-0.25, -0.2) is 0 Å². The van der Waals surface area contributed by atoms with Crippen molar-refractivity contribution in [1.29, 1.82) is 0 Å². The van der Waals surface area contributed by atoms with Crippen LogP contribution in [0.15, 0.2) is 0 Å². The van der Waals surface area contributed by atoms with Crippen molar-refractivity contribution in [3.8, 4) is 0 Å². The van der Waals surface area contributed by atoms with Gasteiger partial charge in [-0.15, -0.1) is 0 Å². The molecule has 0 aromatic carbocycles. The van der Waals surface area contributed by atoms with Crippen LogP contribution in [-0.4, -0.2) is 6.54 Å². The molecule has 2 saturated carbocycles. The molecule has 0 aliphatic heterocycles. The van der Waals surface area contributed by atoms with Gasteiger partial charge in [0.05, 0.1) is 0 Å². The fourth-order valence-electron chi connectivity index (χ4n) is 4.62. The van der Waals surface area contributed by atoms with Crippen LogP contribution in [0, 0.1) is 11.3 Å². The van der Waals surface area contributed by atoms with E-state index in [1.165, 1.54) is 57.8 Å². The van der Waals surface area contributed by atoms with Gasteiger partial charge in [0.15, 0.2) is 0 Å². The highest BCUT2D eigenvalue weighted by Crippen LogP contribution is 2.54. The molecule has 2 aliphatic carbocycles. The molecule has 19 heavy (non-hydrogen) atoms. The van der Waals surface area contributed by atoms with Crippen LogP contribution >= 0.6 is 0 Å². The molecule has 2 N–H and O–H groups in total. The average Bonchev–Trinajstić information content (AvgIpc) is 2.72. The van der Waals surface area contributed by atoms with Crippen molar-refractivity contribution < 1.29 is 0 Å². The minimum Gasteiger partial charge on any atom is -0.330 e. The first-order valence-corrected chi connectivity index (χ1v) is 9.05. The molecule has 1 nitrogen and oxygen atoms in total. The lowest BCUT2D eigenvalue weighted by Crippen LogP contribution is -2.20. The maximum Gasteiger partial charge on any atom is -0.00773 e. The molecule has 112 valence electrons. The monoisotopic (exact) mass is 265 g/mol. The van der Waals surface area contributed by atoms with E-state index in [0.717, 1.165) is 17.9 Å². The Morgan fingerprint density at radius 2 is 1.47 bits per heavy atom. The third kappa shape index (κ3) is 5.10. The van der Waals surface area contributed by atoms with Crippen molar-refractivity contribution in [1.82, 2.24) is 0 Å². The second-order valence-corrected chi connectivity index (χ2v) is 7.37. The first-order chi connectivity index (χ1) is 9.35. The van der Waals surface area contributed by atoms with E-state index in [1.807, 2.05) is 0 Å². The van der Waals surface area contributed by atoms with Crippen LogP contribution in [0.3, 0.4) is 0 Å². The van der Waals surface area contributed by atoms with E-state index in [-0.39, 0.29) is 0 Å². The Morgan fingerprint density at radius 3 is 2.21 bits per heavy atom. The normalized spacial score (nSPS) is 29.8. The molecule has 0 radical (unpaired) electrons. The zero-order valence-electron chi connectivity index (χ0n) is 13.0. The van der Waals surface area contributed by atoms with Crippen molar-refractivity contribution in [2.45, 2.75) is 96.3 Å². The topological polar surface area (TPSA) is 26.0 Å². The predicted octanol–water partition coefficient (Wildman–Crippen LogP) is 5.43. The van der Waals surface area contributed by atoms with E-state index in [1.54, 1.807) is 38.5 Å². The molecule has 2 rings (SSSR count). The van der Waals surface area contributed by atoms with Gasteiger partial charge in [0.2, 0.25) is 0 Å². The quantitative estimate of drug-likeness (QED) is 0.524. The molecular formula is C18H35N. The minimum absolute atomic E-state index is 0.823. The summed E-state index contributed by atoms with van der Waals surface area (Å²) in [5.41, 5.74) is 6.33. The Balaban J connectivity index is 1.44. The van der Waals surface area contributed by atoms with Gasteiger partial charge < -0.3 is 5.73 Å². The molecule has 2 fully saturated rings. The van der Waals surface area contributed by atoms with Gasteiger partial charge in [-0.05, 0) is 56.4 Å². The second-order valence-electron chi connectivity index (χ2n) is 7.37. The molecular weight excluding hydrogens is 230 g/mol. The van der Waals surface area contributed by atoms with Crippen molar-refractivity contribution in [3.63, 3.8) is 0 Å². The van der Waals surface area contributed by atoms with E-state index in [9.17, 15) is 0 Å². The van der Waals surface area contributed by atoms with Gasteiger partial charge >= 0.3 is 0 Å². The van der Waals surface area contributed by atoms with Gasteiger partial charge in [0.25, 0.3) is 0 Å². The van der Waals surface area contributed by atoms with Crippen LogP contribution in [0.25, 0.3) is 0 Å². The molecule has 1 heteroatoms. The molecule has 0 amide bonds.